The van der Waals surface area contributed by atoms with Crippen LogP contribution in [0.15, 0.2) is 54.6 Å². The van der Waals surface area contributed by atoms with Crippen LogP contribution in [-0.2, 0) is 6.42 Å². The van der Waals surface area contributed by atoms with Crippen molar-refractivity contribution in [2.75, 3.05) is 6.61 Å². The van der Waals surface area contributed by atoms with Gasteiger partial charge in [-0.05, 0) is 30.9 Å². The smallest absolute Gasteiger partial charge is 0.125 e. The third kappa shape index (κ3) is 4.10. The molecule has 2 aromatic carbocycles. The molecule has 0 bridgehead atoms. The predicted molar refractivity (Wildman–Crippen MR) is 82.0 cm³/mol. The summed E-state index contributed by atoms with van der Waals surface area (Å²) < 4.78 is 5.82. The van der Waals surface area contributed by atoms with Gasteiger partial charge in [0.05, 0.1) is 12.7 Å². The molecule has 0 spiro atoms. The molecule has 1 N–H and O–H groups in total. The molecule has 2 nitrogen and oxygen atoms in total. The van der Waals surface area contributed by atoms with Gasteiger partial charge in [-0.1, -0.05) is 55.5 Å². The van der Waals surface area contributed by atoms with Crippen LogP contribution >= 0.6 is 0 Å². The Balaban J connectivity index is 1.85. The van der Waals surface area contributed by atoms with Crippen LogP contribution in [0.25, 0.3) is 0 Å². The minimum absolute atomic E-state index is 0.444. The summed E-state index contributed by atoms with van der Waals surface area (Å²) in [5, 5.41) is 9.96. The highest BCUT2D eigenvalue weighted by molar-refractivity contribution is 5.35. The van der Waals surface area contributed by atoms with Crippen molar-refractivity contribution in [3.8, 4) is 5.75 Å². The van der Waals surface area contributed by atoms with Crippen LogP contribution in [0.5, 0.6) is 5.75 Å². The standard InChI is InChI=1S/C18H22O2/c1-2-17(19)16-12-6-7-13-18(16)20-14-8-11-15-9-4-3-5-10-15/h3-7,9-10,12-13,17,19H,2,8,11,14H2,1H3/t17-/m0/s1. The van der Waals surface area contributed by atoms with Gasteiger partial charge in [0, 0.05) is 5.56 Å². The molecule has 0 heterocycles. The number of rotatable bonds is 7. The van der Waals surface area contributed by atoms with Crippen molar-refractivity contribution >= 4 is 0 Å². The van der Waals surface area contributed by atoms with E-state index < -0.39 is 6.10 Å². The molecule has 2 rings (SSSR count). The molecule has 0 aliphatic rings. The molecule has 0 radical (unpaired) electrons. The fraction of sp³-hybridized carbons (Fsp3) is 0.333. The molecule has 0 saturated heterocycles. The van der Waals surface area contributed by atoms with Crippen LogP contribution in [-0.4, -0.2) is 11.7 Å². The maximum Gasteiger partial charge on any atom is 0.125 e. The monoisotopic (exact) mass is 270 g/mol. The Bertz CT molecular complexity index is 508. The van der Waals surface area contributed by atoms with Gasteiger partial charge in [0.15, 0.2) is 0 Å². The summed E-state index contributed by atoms with van der Waals surface area (Å²) in [5.74, 6) is 0.801. The molecule has 0 aromatic heterocycles. The lowest BCUT2D eigenvalue weighted by Gasteiger charge is -2.14. The molecule has 0 aliphatic carbocycles. The number of ether oxygens (including phenoxy) is 1. The molecule has 0 unspecified atom stereocenters. The molecule has 0 amide bonds. The first-order valence-electron chi connectivity index (χ1n) is 7.25. The van der Waals surface area contributed by atoms with Gasteiger partial charge < -0.3 is 9.84 Å². The number of benzene rings is 2. The lowest BCUT2D eigenvalue weighted by atomic mass is 10.1. The molecule has 0 fully saturated rings. The second-order valence-electron chi connectivity index (χ2n) is 4.90. The predicted octanol–water partition coefficient (Wildman–Crippen LogP) is 4.14. The zero-order valence-electron chi connectivity index (χ0n) is 12.0. The molecule has 0 aliphatic heterocycles. The Morgan fingerprint density at radius 2 is 1.70 bits per heavy atom. The van der Waals surface area contributed by atoms with E-state index in [0.29, 0.717) is 13.0 Å². The van der Waals surface area contributed by atoms with E-state index in [-0.39, 0.29) is 0 Å². The van der Waals surface area contributed by atoms with Gasteiger partial charge >= 0.3 is 0 Å². The largest absolute Gasteiger partial charge is 0.493 e. The number of aliphatic hydroxyl groups is 1. The summed E-state index contributed by atoms with van der Waals surface area (Å²) in [7, 11) is 0. The number of aliphatic hydroxyl groups excluding tert-OH is 1. The van der Waals surface area contributed by atoms with Crippen LogP contribution in [0.2, 0.25) is 0 Å². The SMILES string of the molecule is CC[C@H](O)c1ccccc1OCCCc1ccccc1. The molecule has 0 saturated carbocycles. The van der Waals surface area contributed by atoms with Crippen LogP contribution in [0.4, 0.5) is 0 Å². The van der Waals surface area contributed by atoms with Crippen LogP contribution in [0, 0.1) is 0 Å². The van der Waals surface area contributed by atoms with Crippen molar-refractivity contribution in [2.24, 2.45) is 0 Å². The van der Waals surface area contributed by atoms with Gasteiger partial charge in [0.1, 0.15) is 5.75 Å². The molecule has 20 heavy (non-hydrogen) atoms. The Morgan fingerprint density at radius 3 is 2.45 bits per heavy atom. The molecule has 106 valence electrons. The van der Waals surface area contributed by atoms with Crippen LogP contribution in [0.1, 0.15) is 37.0 Å². The van der Waals surface area contributed by atoms with Crippen molar-refractivity contribution in [1.82, 2.24) is 0 Å². The maximum absolute atomic E-state index is 9.96. The van der Waals surface area contributed by atoms with Gasteiger partial charge in [-0.2, -0.15) is 0 Å². The zero-order chi connectivity index (χ0) is 14.2. The Labute approximate surface area is 121 Å². The Morgan fingerprint density at radius 1 is 1.00 bits per heavy atom. The summed E-state index contributed by atoms with van der Waals surface area (Å²) in [5.41, 5.74) is 2.22. The van der Waals surface area contributed by atoms with Crippen molar-refractivity contribution in [3.05, 3.63) is 65.7 Å². The van der Waals surface area contributed by atoms with Crippen molar-refractivity contribution in [2.45, 2.75) is 32.3 Å². The normalized spacial score (nSPS) is 12.1. The van der Waals surface area contributed by atoms with E-state index in [9.17, 15) is 5.11 Å². The first-order chi connectivity index (χ1) is 9.81. The quantitative estimate of drug-likeness (QED) is 0.766. The van der Waals surface area contributed by atoms with E-state index in [1.165, 1.54) is 5.56 Å². The summed E-state index contributed by atoms with van der Waals surface area (Å²) in [6, 6.07) is 18.2. The topological polar surface area (TPSA) is 29.5 Å². The van der Waals surface area contributed by atoms with Crippen molar-refractivity contribution in [1.29, 1.82) is 0 Å². The number of para-hydroxylation sites is 1. The minimum atomic E-state index is -0.444. The number of aryl methyl sites for hydroxylation is 1. The number of hydrogen-bond donors (Lipinski definition) is 1. The average Bonchev–Trinajstić information content (AvgIpc) is 2.52. The third-order valence-electron chi connectivity index (χ3n) is 3.37. The Kier molecular flexibility index (Phi) is 5.63. The Hall–Kier alpha value is -1.80. The van der Waals surface area contributed by atoms with E-state index in [1.807, 2.05) is 37.3 Å². The van der Waals surface area contributed by atoms with Gasteiger partial charge in [0.2, 0.25) is 0 Å². The molecular weight excluding hydrogens is 248 g/mol. The summed E-state index contributed by atoms with van der Waals surface area (Å²) >= 11 is 0. The maximum atomic E-state index is 9.96. The van der Waals surface area contributed by atoms with E-state index in [2.05, 4.69) is 24.3 Å². The first-order valence-corrected chi connectivity index (χ1v) is 7.25. The van der Waals surface area contributed by atoms with Crippen LogP contribution < -0.4 is 4.74 Å². The number of hydrogen-bond acceptors (Lipinski definition) is 2. The van der Waals surface area contributed by atoms with Gasteiger partial charge in [0.25, 0.3) is 0 Å². The van der Waals surface area contributed by atoms with E-state index >= 15 is 0 Å². The highest BCUT2D eigenvalue weighted by Gasteiger charge is 2.10. The van der Waals surface area contributed by atoms with Gasteiger partial charge in [-0.3, -0.25) is 0 Å². The van der Waals surface area contributed by atoms with Crippen LogP contribution in [0.3, 0.4) is 0 Å². The van der Waals surface area contributed by atoms with Crippen molar-refractivity contribution < 1.29 is 9.84 Å². The molecule has 1 atom stereocenters. The third-order valence-corrected chi connectivity index (χ3v) is 3.37. The lowest BCUT2D eigenvalue weighted by molar-refractivity contribution is 0.167. The summed E-state index contributed by atoms with van der Waals surface area (Å²) in [6.07, 6.45) is 2.24. The molecule has 2 aromatic rings. The second kappa shape index (κ2) is 7.71. The zero-order valence-corrected chi connectivity index (χ0v) is 12.0. The van der Waals surface area contributed by atoms with Gasteiger partial charge in [-0.25, -0.2) is 0 Å². The van der Waals surface area contributed by atoms with Crippen molar-refractivity contribution in [3.63, 3.8) is 0 Å². The fourth-order valence-electron chi connectivity index (χ4n) is 2.21. The summed E-state index contributed by atoms with van der Waals surface area (Å²) in [4.78, 5) is 0. The van der Waals surface area contributed by atoms with E-state index in [0.717, 1.165) is 24.2 Å². The minimum Gasteiger partial charge on any atom is -0.493 e. The lowest BCUT2D eigenvalue weighted by Crippen LogP contribution is -2.04. The first kappa shape index (κ1) is 14.6. The highest BCUT2D eigenvalue weighted by atomic mass is 16.5. The van der Waals surface area contributed by atoms with E-state index in [4.69, 9.17) is 4.74 Å². The summed E-state index contributed by atoms with van der Waals surface area (Å²) in [6.45, 7) is 2.64. The fourth-order valence-corrected chi connectivity index (χ4v) is 2.21. The molecule has 2 heteroatoms. The van der Waals surface area contributed by atoms with E-state index in [1.54, 1.807) is 0 Å². The second-order valence-corrected chi connectivity index (χ2v) is 4.90. The average molecular weight is 270 g/mol. The van der Waals surface area contributed by atoms with Gasteiger partial charge in [-0.15, -0.1) is 0 Å². The highest BCUT2D eigenvalue weighted by Crippen LogP contribution is 2.26. The molecular formula is C18H22O2.